The minimum Gasteiger partial charge on any atom is -0.381 e. The largest absolute Gasteiger partial charge is 0.381 e. The van der Waals surface area contributed by atoms with Gasteiger partial charge in [0.15, 0.2) is 0 Å². The SMILES string of the molecule is O=C1CCC(N2C(=O)c3cccc(CNc4cccc(CC5CCNCC5)c4)c3C2=O)C(=O)N1. The molecule has 8 nitrogen and oxygen atoms in total. The second-order valence-electron chi connectivity index (χ2n) is 9.24. The molecule has 0 aliphatic carbocycles. The molecule has 1 unspecified atom stereocenters. The van der Waals surface area contributed by atoms with Crippen molar-refractivity contribution in [3.63, 3.8) is 0 Å². The molecule has 3 heterocycles. The normalized spacial score (nSPS) is 20.9. The van der Waals surface area contributed by atoms with Crippen LogP contribution in [0.1, 0.15) is 57.5 Å². The zero-order chi connectivity index (χ0) is 23.7. The number of imide groups is 2. The molecule has 3 aliphatic heterocycles. The monoisotopic (exact) mass is 460 g/mol. The zero-order valence-electron chi connectivity index (χ0n) is 18.9. The highest BCUT2D eigenvalue weighted by atomic mass is 16.2. The number of anilines is 1. The third-order valence-corrected chi connectivity index (χ3v) is 6.95. The highest BCUT2D eigenvalue weighted by Crippen LogP contribution is 2.30. The van der Waals surface area contributed by atoms with Crippen molar-refractivity contribution >= 4 is 29.3 Å². The maximum absolute atomic E-state index is 13.2. The van der Waals surface area contributed by atoms with Gasteiger partial charge in [-0.2, -0.15) is 0 Å². The van der Waals surface area contributed by atoms with E-state index < -0.39 is 23.8 Å². The Morgan fingerprint density at radius 1 is 0.941 bits per heavy atom. The van der Waals surface area contributed by atoms with Gasteiger partial charge in [0, 0.05) is 18.7 Å². The van der Waals surface area contributed by atoms with Crippen molar-refractivity contribution in [1.29, 1.82) is 0 Å². The highest BCUT2D eigenvalue weighted by molar-refractivity contribution is 6.24. The summed E-state index contributed by atoms with van der Waals surface area (Å²) < 4.78 is 0. The molecule has 5 rings (SSSR count). The van der Waals surface area contributed by atoms with E-state index in [4.69, 9.17) is 0 Å². The third-order valence-electron chi connectivity index (χ3n) is 6.95. The highest BCUT2D eigenvalue weighted by Gasteiger charge is 2.45. The lowest BCUT2D eigenvalue weighted by molar-refractivity contribution is -0.136. The van der Waals surface area contributed by atoms with E-state index in [9.17, 15) is 19.2 Å². The van der Waals surface area contributed by atoms with Crippen LogP contribution in [0.25, 0.3) is 0 Å². The van der Waals surface area contributed by atoms with Gasteiger partial charge in [-0.15, -0.1) is 0 Å². The molecule has 0 bridgehead atoms. The fraction of sp³-hybridized carbons (Fsp3) is 0.385. The summed E-state index contributed by atoms with van der Waals surface area (Å²) in [6, 6.07) is 12.6. The third kappa shape index (κ3) is 4.33. The van der Waals surface area contributed by atoms with Crippen LogP contribution >= 0.6 is 0 Å². The maximum atomic E-state index is 13.2. The molecule has 8 heteroatoms. The predicted molar refractivity (Wildman–Crippen MR) is 126 cm³/mol. The molecule has 1 atom stereocenters. The van der Waals surface area contributed by atoms with Gasteiger partial charge >= 0.3 is 0 Å². The van der Waals surface area contributed by atoms with Crippen molar-refractivity contribution in [1.82, 2.24) is 15.5 Å². The number of hydrogen-bond acceptors (Lipinski definition) is 6. The number of nitrogens with zero attached hydrogens (tertiary/aromatic N) is 1. The number of carbonyl (C=O) groups is 4. The van der Waals surface area contributed by atoms with Crippen LogP contribution < -0.4 is 16.0 Å². The van der Waals surface area contributed by atoms with Crippen LogP contribution in [0.15, 0.2) is 42.5 Å². The second-order valence-corrected chi connectivity index (χ2v) is 9.24. The number of carbonyl (C=O) groups excluding carboxylic acids is 4. The van der Waals surface area contributed by atoms with Gasteiger partial charge in [-0.25, -0.2) is 0 Å². The van der Waals surface area contributed by atoms with Gasteiger partial charge in [0.2, 0.25) is 11.8 Å². The number of benzene rings is 2. The Bertz CT molecular complexity index is 1160. The Morgan fingerprint density at radius 2 is 1.74 bits per heavy atom. The first-order valence-electron chi connectivity index (χ1n) is 11.9. The molecule has 176 valence electrons. The fourth-order valence-corrected chi connectivity index (χ4v) is 5.16. The first-order chi connectivity index (χ1) is 16.5. The van der Waals surface area contributed by atoms with E-state index in [-0.39, 0.29) is 18.7 Å². The fourth-order valence-electron chi connectivity index (χ4n) is 5.16. The Balaban J connectivity index is 1.31. The van der Waals surface area contributed by atoms with Gasteiger partial charge in [-0.3, -0.25) is 29.4 Å². The summed E-state index contributed by atoms with van der Waals surface area (Å²) >= 11 is 0. The summed E-state index contributed by atoms with van der Waals surface area (Å²) in [6.45, 7) is 2.52. The van der Waals surface area contributed by atoms with Crippen molar-refractivity contribution in [2.45, 2.75) is 44.7 Å². The molecule has 2 fully saturated rings. The van der Waals surface area contributed by atoms with Crippen LogP contribution in [0, 0.1) is 5.92 Å². The number of hydrogen-bond donors (Lipinski definition) is 3. The van der Waals surface area contributed by atoms with Crippen molar-refractivity contribution in [3.05, 3.63) is 64.7 Å². The van der Waals surface area contributed by atoms with E-state index in [0.29, 0.717) is 29.2 Å². The Hall–Kier alpha value is -3.52. The molecular formula is C26H28N4O4. The summed E-state index contributed by atoms with van der Waals surface area (Å²) in [5, 5.41) is 9.03. The average molecular weight is 461 g/mol. The van der Waals surface area contributed by atoms with Crippen LogP contribution in [-0.4, -0.2) is 47.7 Å². The summed E-state index contributed by atoms with van der Waals surface area (Å²) in [5.74, 6) is -1.26. The first kappa shape index (κ1) is 22.3. The Morgan fingerprint density at radius 3 is 2.53 bits per heavy atom. The number of rotatable bonds is 6. The van der Waals surface area contributed by atoms with Crippen LogP contribution in [0.5, 0.6) is 0 Å². The molecule has 0 saturated carbocycles. The Kier molecular flexibility index (Phi) is 6.15. The maximum Gasteiger partial charge on any atom is 0.262 e. The summed E-state index contributed by atoms with van der Waals surface area (Å²) in [4.78, 5) is 51.1. The van der Waals surface area contributed by atoms with E-state index in [0.717, 1.165) is 30.1 Å². The lowest BCUT2D eigenvalue weighted by Gasteiger charge is -2.27. The van der Waals surface area contributed by atoms with Gasteiger partial charge in [0.05, 0.1) is 11.1 Å². The molecule has 3 N–H and O–H groups in total. The van der Waals surface area contributed by atoms with E-state index in [1.165, 1.54) is 18.4 Å². The van der Waals surface area contributed by atoms with Crippen molar-refractivity contribution in [3.8, 4) is 0 Å². The van der Waals surface area contributed by atoms with E-state index in [2.05, 4.69) is 28.1 Å². The molecule has 2 aromatic rings. The quantitative estimate of drug-likeness (QED) is 0.571. The van der Waals surface area contributed by atoms with E-state index in [1.807, 2.05) is 18.2 Å². The minimum atomic E-state index is -0.961. The second kappa shape index (κ2) is 9.38. The molecular weight excluding hydrogens is 432 g/mol. The van der Waals surface area contributed by atoms with Crippen LogP contribution in [0.3, 0.4) is 0 Å². The van der Waals surface area contributed by atoms with Crippen molar-refractivity contribution in [2.75, 3.05) is 18.4 Å². The topological polar surface area (TPSA) is 108 Å². The van der Waals surface area contributed by atoms with Crippen LogP contribution in [-0.2, 0) is 22.6 Å². The minimum absolute atomic E-state index is 0.103. The smallest absolute Gasteiger partial charge is 0.262 e. The molecule has 0 radical (unpaired) electrons. The van der Waals surface area contributed by atoms with Crippen molar-refractivity contribution < 1.29 is 19.2 Å². The average Bonchev–Trinajstić information content (AvgIpc) is 3.09. The lowest BCUT2D eigenvalue weighted by atomic mass is 9.91. The van der Waals surface area contributed by atoms with Gasteiger partial charge < -0.3 is 10.6 Å². The number of piperidine rings is 2. The molecule has 0 spiro atoms. The van der Waals surface area contributed by atoms with Gasteiger partial charge in [0.1, 0.15) is 6.04 Å². The Labute approximate surface area is 198 Å². The predicted octanol–water partition coefficient (Wildman–Crippen LogP) is 2.24. The summed E-state index contributed by atoms with van der Waals surface area (Å²) in [6.07, 6.45) is 3.67. The number of nitrogens with one attached hydrogen (secondary N) is 3. The molecule has 2 saturated heterocycles. The van der Waals surface area contributed by atoms with Crippen LogP contribution in [0.2, 0.25) is 0 Å². The van der Waals surface area contributed by atoms with Gasteiger partial charge in [0.25, 0.3) is 11.8 Å². The van der Waals surface area contributed by atoms with Gasteiger partial charge in [-0.1, -0.05) is 24.3 Å². The molecule has 34 heavy (non-hydrogen) atoms. The van der Waals surface area contributed by atoms with Crippen LogP contribution in [0.4, 0.5) is 5.69 Å². The first-order valence-corrected chi connectivity index (χ1v) is 11.9. The summed E-state index contributed by atoms with van der Waals surface area (Å²) in [7, 11) is 0. The molecule has 0 aromatic heterocycles. The summed E-state index contributed by atoms with van der Waals surface area (Å²) in [5.41, 5.74) is 3.58. The van der Waals surface area contributed by atoms with Gasteiger partial charge in [-0.05, 0) is 74.0 Å². The molecule has 3 aliphatic rings. The number of amides is 4. The number of fused-ring (bicyclic) bond motifs is 1. The molecule has 2 aromatic carbocycles. The van der Waals surface area contributed by atoms with E-state index >= 15 is 0 Å². The zero-order valence-corrected chi connectivity index (χ0v) is 18.9. The van der Waals surface area contributed by atoms with Crippen molar-refractivity contribution in [2.24, 2.45) is 5.92 Å². The molecule has 4 amide bonds. The standard InChI is InChI=1S/C26H28N4O4/c31-22-8-7-21(24(32)29-22)30-25(33)20-6-2-4-18(23(20)26(30)34)15-28-19-5-1-3-17(14-19)13-16-9-11-27-12-10-16/h1-6,14,16,21,27-28H,7-13,15H2,(H,29,31,32). The lowest BCUT2D eigenvalue weighted by Crippen LogP contribution is -2.54. The van der Waals surface area contributed by atoms with E-state index in [1.54, 1.807) is 12.1 Å².